The van der Waals surface area contributed by atoms with Crippen LogP contribution in [0.4, 0.5) is 5.69 Å². The maximum Gasteiger partial charge on any atom is 0.278 e. The van der Waals surface area contributed by atoms with Gasteiger partial charge in [0.1, 0.15) is 0 Å². The molecule has 112 valence electrons. The third-order valence-corrected chi connectivity index (χ3v) is 5.98. The molecule has 0 unspecified atom stereocenters. The van der Waals surface area contributed by atoms with Crippen LogP contribution in [0.5, 0.6) is 0 Å². The van der Waals surface area contributed by atoms with Gasteiger partial charge in [0.05, 0.1) is 0 Å². The molecule has 0 saturated heterocycles. The van der Waals surface area contributed by atoms with Crippen molar-refractivity contribution in [1.82, 2.24) is 0 Å². The summed E-state index contributed by atoms with van der Waals surface area (Å²) in [6.45, 7) is 7.86. The summed E-state index contributed by atoms with van der Waals surface area (Å²) < 4.78 is 0. The summed E-state index contributed by atoms with van der Waals surface area (Å²) in [6.07, 6.45) is 0. The summed E-state index contributed by atoms with van der Waals surface area (Å²) in [6, 6.07) is 19.6. The molecule has 3 heteroatoms. The normalized spacial score (nSPS) is 14.6. The van der Waals surface area contributed by atoms with Crippen LogP contribution in [0.25, 0.3) is 5.57 Å². The Balaban J connectivity index is 2.10. The van der Waals surface area contributed by atoms with Crippen LogP contribution in [0.15, 0.2) is 60.6 Å². The SMILES string of the molecule is CN1B(C[Si](C)(C)C)C=C(c2ccccc2)c2ccccc21. The van der Waals surface area contributed by atoms with Gasteiger partial charge in [0.2, 0.25) is 0 Å². The molecule has 0 aromatic heterocycles. The molecule has 3 rings (SSSR count). The summed E-state index contributed by atoms with van der Waals surface area (Å²) in [5, 5.41) is 0. The van der Waals surface area contributed by atoms with Gasteiger partial charge in [-0.25, -0.2) is 0 Å². The fourth-order valence-electron chi connectivity index (χ4n) is 3.27. The zero-order chi connectivity index (χ0) is 15.7. The van der Waals surface area contributed by atoms with E-state index in [0.29, 0.717) is 6.85 Å². The lowest BCUT2D eigenvalue weighted by Gasteiger charge is -2.35. The zero-order valence-corrected chi connectivity index (χ0v) is 15.0. The van der Waals surface area contributed by atoms with Crippen molar-refractivity contribution >= 4 is 26.2 Å². The lowest BCUT2D eigenvalue weighted by atomic mass is 9.58. The number of anilines is 1. The first-order chi connectivity index (χ1) is 10.5. The molecular formula is C19H24BNSi. The topological polar surface area (TPSA) is 3.24 Å². The lowest BCUT2D eigenvalue weighted by Crippen LogP contribution is -2.43. The summed E-state index contributed by atoms with van der Waals surface area (Å²) >= 11 is 0. The summed E-state index contributed by atoms with van der Waals surface area (Å²) in [5.41, 5.74) is 5.41. The van der Waals surface area contributed by atoms with Crippen molar-refractivity contribution in [3.05, 3.63) is 71.7 Å². The lowest BCUT2D eigenvalue weighted by molar-refractivity contribution is 1.26. The maximum absolute atomic E-state index is 2.48. The highest BCUT2D eigenvalue weighted by Crippen LogP contribution is 2.37. The fourth-order valence-corrected chi connectivity index (χ4v) is 4.92. The highest BCUT2D eigenvalue weighted by Gasteiger charge is 2.31. The Morgan fingerprint density at radius 1 is 0.909 bits per heavy atom. The van der Waals surface area contributed by atoms with Crippen LogP contribution in [0, 0.1) is 0 Å². The minimum atomic E-state index is -1.12. The largest absolute Gasteiger partial charge is 0.413 e. The van der Waals surface area contributed by atoms with E-state index in [1.165, 1.54) is 28.3 Å². The Labute approximate surface area is 135 Å². The van der Waals surface area contributed by atoms with Crippen LogP contribution in [0.2, 0.25) is 25.6 Å². The van der Waals surface area contributed by atoms with Crippen molar-refractivity contribution in [2.45, 2.75) is 25.6 Å². The van der Waals surface area contributed by atoms with Gasteiger partial charge in [-0.3, -0.25) is 0 Å². The van der Waals surface area contributed by atoms with E-state index in [-0.39, 0.29) is 0 Å². The second-order valence-corrected chi connectivity index (χ2v) is 12.9. The minimum Gasteiger partial charge on any atom is -0.413 e. The number of rotatable bonds is 3. The molecule has 0 radical (unpaired) electrons. The van der Waals surface area contributed by atoms with E-state index >= 15 is 0 Å². The summed E-state index contributed by atoms with van der Waals surface area (Å²) in [4.78, 5) is 2.46. The predicted molar refractivity (Wildman–Crippen MR) is 102 cm³/mol. The molecule has 0 atom stereocenters. The van der Waals surface area contributed by atoms with Gasteiger partial charge in [0.15, 0.2) is 0 Å². The molecule has 1 nitrogen and oxygen atoms in total. The van der Waals surface area contributed by atoms with Gasteiger partial charge in [0.25, 0.3) is 6.85 Å². The van der Waals surface area contributed by atoms with Crippen LogP contribution in [-0.4, -0.2) is 22.0 Å². The first-order valence-electron chi connectivity index (χ1n) is 8.05. The van der Waals surface area contributed by atoms with Crippen molar-refractivity contribution in [3.8, 4) is 0 Å². The van der Waals surface area contributed by atoms with Crippen molar-refractivity contribution in [1.29, 1.82) is 0 Å². The second-order valence-electron chi connectivity index (χ2n) is 7.41. The van der Waals surface area contributed by atoms with E-state index < -0.39 is 8.07 Å². The first kappa shape index (κ1) is 15.2. The number of hydrogen-bond acceptors (Lipinski definition) is 1. The van der Waals surface area contributed by atoms with Crippen molar-refractivity contribution in [2.75, 3.05) is 11.9 Å². The predicted octanol–water partition coefficient (Wildman–Crippen LogP) is 4.98. The molecule has 1 aliphatic heterocycles. The van der Waals surface area contributed by atoms with Crippen LogP contribution < -0.4 is 4.81 Å². The average molecular weight is 305 g/mol. The zero-order valence-electron chi connectivity index (χ0n) is 14.0. The van der Waals surface area contributed by atoms with Crippen LogP contribution in [0.1, 0.15) is 11.1 Å². The maximum atomic E-state index is 2.48. The van der Waals surface area contributed by atoms with E-state index in [1.807, 2.05) is 0 Å². The molecule has 0 saturated carbocycles. The van der Waals surface area contributed by atoms with Gasteiger partial charge in [-0.1, -0.05) is 80.1 Å². The van der Waals surface area contributed by atoms with Crippen LogP contribution >= 0.6 is 0 Å². The van der Waals surface area contributed by atoms with Gasteiger partial charge in [-0.15, -0.1) is 0 Å². The van der Waals surface area contributed by atoms with Crippen molar-refractivity contribution in [2.24, 2.45) is 0 Å². The molecule has 22 heavy (non-hydrogen) atoms. The third-order valence-electron chi connectivity index (χ3n) is 4.34. The van der Waals surface area contributed by atoms with Gasteiger partial charge in [0, 0.05) is 19.3 Å². The average Bonchev–Trinajstić information content (AvgIpc) is 2.50. The van der Waals surface area contributed by atoms with E-state index in [9.17, 15) is 0 Å². The minimum absolute atomic E-state index is 0.497. The molecule has 2 aromatic carbocycles. The third kappa shape index (κ3) is 3.05. The second kappa shape index (κ2) is 5.81. The van der Waals surface area contributed by atoms with E-state index in [2.05, 4.69) is 92.1 Å². The van der Waals surface area contributed by atoms with Crippen molar-refractivity contribution < 1.29 is 0 Å². The highest BCUT2D eigenvalue weighted by atomic mass is 28.3. The number of nitrogens with zero attached hydrogens (tertiary/aromatic N) is 1. The molecular weight excluding hydrogens is 281 g/mol. The van der Waals surface area contributed by atoms with Gasteiger partial charge in [-0.05, 0) is 24.3 Å². The van der Waals surface area contributed by atoms with E-state index in [4.69, 9.17) is 0 Å². The molecule has 1 heterocycles. The Hall–Kier alpha value is -1.74. The van der Waals surface area contributed by atoms with Gasteiger partial charge < -0.3 is 4.81 Å². The monoisotopic (exact) mass is 305 g/mol. The molecule has 2 aromatic rings. The Kier molecular flexibility index (Phi) is 4.00. The Morgan fingerprint density at radius 3 is 2.23 bits per heavy atom. The smallest absolute Gasteiger partial charge is 0.278 e. The molecule has 0 spiro atoms. The fraction of sp³-hybridized carbons (Fsp3) is 0.263. The summed E-state index contributed by atoms with van der Waals surface area (Å²) in [5.74, 6) is 3.77. The number of benzene rings is 2. The summed E-state index contributed by atoms with van der Waals surface area (Å²) in [7, 11) is 1.11. The van der Waals surface area contributed by atoms with Crippen LogP contribution in [0.3, 0.4) is 0 Å². The van der Waals surface area contributed by atoms with E-state index in [1.54, 1.807) is 0 Å². The van der Waals surface area contributed by atoms with Crippen molar-refractivity contribution in [3.63, 3.8) is 0 Å². The standard InChI is InChI=1S/C19H24BNSi/c1-21-19-13-9-8-12-17(19)18(16-10-6-5-7-11-16)14-20(21)15-22(2,3)4/h5-14H,15H2,1-4H3. The number of hydrogen-bond donors (Lipinski definition) is 0. The Bertz CT molecular complexity index is 688. The molecule has 0 amide bonds. The van der Waals surface area contributed by atoms with E-state index in [0.717, 1.165) is 0 Å². The van der Waals surface area contributed by atoms with Gasteiger partial charge >= 0.3 is 0 Å². The first-order valence-corrected chi connectivity index (χ1v) is 11.8. The quantitative estimate of drug-likeness (QED) is 0.723. The molecule has 0 bridgehead atoms. The molecule has 0 N–H and O–H groups in total. The highest BCUT2D eigenvalue weighted by molar-refractivity contribution is 6.90. The molecule has 0 aliphatic carbocycles. The Morgan fingerprint density at radius 2 is 1.55 bits per heavy atom. The molecule has 1 aliphatic rings. The number of para-hydroxylation sites is 1. The van der Waals surface area contributed by atoms with Crippen LogP contribution in [-0.2, 0) is 0 Å². The molecule has 0 fully saturated rings. The van der Waals surface area contributed by atoms with Gasteiger partial charge in [-0.2, -0.15) is 0 Å². The number of fused-ring (bicyclic) bond motifs is 1.